The summed E-state index contributed by atoms with van der Waals surface area (Å²) >= 11 is 8.20. The van der Waals surface area contributed by atoms with Crippen molar-refractivity contribution in [1.29, 1.82) is 0 Å². The molecule has 4 heterocycles. The van der Waals surface area contributed by atoms with E-state index in [0.717, 1.165) is 68.9 Å². The molecule has 3 aliphatic rings. The number of anilines is 2. The number of carbonyl (C=O) groups is 2. The molecular weight excluding hydrogens is 1130 g/mol. The first-order valence-corrected chi connectivity index (χ1v) is 35.1. The molecule has 86 heavy (non-hydrogen) atoms. The van der Waals surface area contributed by atoms with Gasteiger partial charge in [0.05, 0.1) is 21.9 Å². The third-order valence-corrected chi connectivity index (χ3v) is 18.6. The molecular formula is C69H108ClF2N7O6S. The standard InChI is InChI=1S/C69H108ClF2N7O6S/c1-51(48-77-41-31-29-32-42-77)83-64-73-60-55(47-56(70)58(59(60)72)54-39-40-57(71)62-61(54)74-65(86-62)76-66(80)84-68(2,3)4)63(75-64)78-44-35-45-82-49-53-38-34-37-52(46-53)36-30-27-25-23-21-19-17-15-13-11-9-8-10-12-14-16-18-20-22-24-26-28-33-43-79(50-78)67(81)85-69(5,6)7/h39-40,47,51-53H,8-38,41-46,48-50H2,1-7H3,(H,74,76,80). The third kappa shape index (κ3) is 23.7. The van der Waals surface area contributed by atoms with Crippen LogP contribution in [0, 0.1) is 23.5 Å². The summed E-state index contributed by atoms with van der Waals surface area (Å²) < 4.78 is 58.7. The van der Waals surface area contributed by atoms with Gasteiger partial charge < -0.3 is 23.8 Å². The Morgan fingerprint density at radius 3 is 1.83 bits per heavy atom. The van der Waals surface area contributed by atoms with Gasteiger partial charge in [-0.1, -0.05) is 190 Å². The zero-order valence-electron chi connectivity index (χ0n) is 53.9. The molecule has 4 aromatic rings. The highest BCUT2D eigenvalue weighted by molar-refractivity contribution is 7.22. The number of thiazole rings is 1. The number of benzene rings is 2. The topological polar surface area (TPSA) is 131 Å². The number of hydrogen-bond donors (Lipinski definition) is 1. The van der Waals surface area contributed by atoms with E-state index in [4.69, 9.17) is 40.5 Å². The minimum Gasteiger partial charge on any atom is -0.459 e. The molecule has 0 radical (unpaired) electrons. The lowest BCUT2D eigenvalue weighted by Gasteiger charge is -2.34. The van der Waals surface area contributed by atoms with Crippen molar-refractivity contribution in [2.75, 3.05) is 62.8 Å². The second-order valence-electron chi connectivity index (χ2n) is 27.4. The number of rotatable bonds is 7. The Labute approximate surface area is 524 Å². The Kier molecular flexibility index (Phi) is 29.0. The van der Waals surface area contributed by atoms with Gasteiger partial charge in [-0.15, -0.1) is 0 Å². The zero-order chi connectivity index (χ0) is 61.3. The van der Waals surface area contributed by atoms with Crippen molar-refractivity contribution in [2.45, 2.75) is 271 Å². The fourth-order valence-electron chi connectivity index (χ4n) is 12.9. The predicted molar refractivity (Wildman–Crippen MR) is 350 cm³/mol. The first-order valence-electron chi connectivity index (χ1n) is 33.9. The van der Waals surface area contributed by atoms with Crippen LogP contribution in [0.5, 0.6) is 6.01 Å². The van der Waals surface area contributed by atoms with Crippen LogP contribution in [0.4, 0.5) is 29.3 Å². The van der Waals surface area contributed by atoms with Gasteiger partial charge >= 0.3 is 18.2 Å². The maximum Gasteiger partial charge on any atom is 0.413 e. The normalized spacial score (nSPS) is 21.4. The molecule has 2 aromatic heterocycles. The van der Waals surface area contributed by atoms with E-state index >= 15 is 8.78 Å². The van der Waals surface area contributed by atoms with E-state index in [1.807, 2.05) is 32.6 Å². The summed E-state index contributed by atoms with van der Waals surface area (Å²) in [6, 6.07) is 4.32. The van der Waals surface area contributed by atoms with Crippen molar-refractivity contribution in [3.8, 4) is 17.1 Å². The van der Waals surface area contributed by atoms with Crippen molar-refractivity contribution in [3.63, 3.8) is 0 Å². The van der Waals surface area contributed by atoms with Crippen LogP contribution in [0.1, 0.15) is 254 Å². The lowest BCUT2D eigenvalue weighted by atomic mass is 9.79. The van der Waals surface area contributed by atoms with E-state index in [1.54, 1.807) is 31.7 Å². The number of aromatic nitrogens is 3. The lowest BCUT2D eigenvalue weighted by molar-refractivity contribution is 0.0244. The summed E-state index contributed by atoms with van der Waals surface area (Å²) in [7, 11) is 0. The van der Waals surface area contributed by atoms with E-state index < -0.39 is 35.0 Å². The van der Waals surface area contributed by atoms with Crippen molar-refractivity contribution in [1.82, 2.24) is 24.8 Å². The van der Waals surface area contributed by atoms with Crippen LogP contribution in [0.2, 0.25) is 5.02 Å². The summed E-state index contributed by atoms with van der Waals surface area (Å²) in [4.78, 5) is 48.1. The first-order chi connectivity index (χ1) is 41.4. The number of likely N-dealkylation sites (tertiary alicyclic amines) is 1. The molecule has 2 saturated heterocycles. The molecule has 17 heteroatoms. The van der Waals surface area contributed by atoms with E-state index in [0.29, 0.717) is 56.4 Å². The highest BCUT2D eigenvalue weighted by Crippen LogP contribution is 2.44. The van der Waals surface area contributed by atoms with Crippen LogP contribution < -0.4 is 15.0 Å². The summed E-state index contributed by atoms with van der Waals surface area (Å²) in [5.74, 6) is 0.269. The molecule has 3 fully saturated rings. The molecule has 2 aliphatic heterocycles. The molecule has 1 aliphatic carbocycles. The van der Waals surface area contributed by atoms with Gasteiger partial charge in [0.1, 0.15) is 34.5 Å². The number of amides is 2. The summed E-state index contributed by atoms with van der Waals surface area (Å²) in [6.45, 7) is 17.5. The number of nitrogens with zero attached hydrogens (tertiary/aromatic N) is 6. The third-order valence-electron chi connectivity index (χ3n) is 17.3. The van der Waals surface area contributed by atoms with E-state index in [2.05, 4.69) is 15.2 Å². The Bertz CT molecular complexity index is 2680. The largest absolute Gasteiger partial charge is 0.459 e. The minimum atomic E-state index is -0.789. The number of hydrogen-bond acceptors (Lipinski definition) is 12. The highest BCUT2D eigenvalue weighted by Gasteiger charge is 2.30. The average molecular weight is 1240 g/mol. The van der Waals surface area contributed by atoms with Gasteiger partial charge in [-0.3, -0.25) is 15.1 Å². The molecule has 3 atom stereocenters. The van der Waals surface area contributed by atoms with Gasteiger partial charge in [0.25, 0.3) is 0 Å². The number of piperidine rings is 1. The van der Waals surface area contributed by atoms with E-state index in [9.17, 15) is 9.59 Å². The van der Waals surface area contributed by atoms with E-state index in [-0.39, 0.29) is 55.8 Å². The van der Waals surface area contributed by atoms with Gasteiger partial charge in [-0.2, -0.15) is 9.97 Å². The molecule has 0 spiro atoms. The van der Waals surface area contributed by atoms with Crippen molar-refractivity contribution in [2.24, 2.45) is 11.8 Å². The molecule has 1 N–H and O–H groups in total. The molecule has 3 unspecified atom stereocenters. The van der Waals surface area contributed by atoms with Gasteiger partial charge in [0.15, 0.2) is 10.9 Å². The number of carbonyl (C=O) groups excluding carboxylic acids is 2. The van der Waals surface area contributed by atoms with Gasteiger partial charge in [0.2, 0.25) is 0 Å². The Balaban J connectivity index is 1.19. The summed E-state index contributed by atoms with van der Waals surface area (Å²) in [5.41, 5.74) is -1.33. The fourth-order valence-corrected chi connectivity index (χ4v) is 14.1. The zero-order valence-corrected chi connectivity index (χ0v) is 55.5. The summed E-state index contributed by atoms with van der Waals surface area (Å²) in [6.07, 6.45) is 38.5. The SMILES string of the molecule is CC(CN1CCCCC1)Oc1nc(N2CCCOCC3CCCC(CCCCCCCCCCCCCCCCCCCCCCCCCN(C(=O)OC(C)(C)C)C2)C3)c2cc(Cl)c(-c3ccc(F)c4sc(NC(=O)OC(C)(C)C)nc34)c(F)c2n1. The molecule has 2 bridgehead atoms. The molecule has 7 rings (SSSR count). The molecule has 2 aromatic carbocycles. The van der Waals surface area contributed by atoms with Gasteiger partial charge in [-0.25, -0.2) is 23.4 Å². The van der Waals surface area contributed by atoms with Crippen LogP contribution >= 0.6 is 22.9 Å². The van der Waals surface area contributed by atoms with E-state index in [1.165, 1.54) is 173 Å². The van der Waals surface area contributed by atoms with Crippen molar-refractivity contribution < 1.29 is 37.3 Å². The van der Waals surface area contributed by atoms with Gasteiger partial charge in [0, 0.05) is 49.4 Å². The number of nitrogens with one attached hydrogen (secondary N) is 1. The number of ether oxygens (including phenoxy) is 4. The molecule has 1 saturated carbocycles. The Morgan fingerprint density at radius 2 is 1.22 bits per heavy atom. The second kappa shape index (κ2) is 35.9. The maximum absolute atomic E-state index is 18.1. The summed E-state index contributed by atoms with van der Waals surface area (Å²) in [5, 5.41) is 3.03. The highest BCUT2D eigenvalue weighted by atomic mass is 35.5. The monoisotopic (exact) mass is 1240 g/mol. The Hall–Kier alpha value is -4.12. The molecule has 13 nitrogen and oxygen atoms in total. The van der Waals surface area contributed by atoms with Crippen LogP contribution in [-0.2, 0) is 14.2 Å². The van der Waals surface area contributed by atoms with Crippen LogP contribution in [0.25, 0.3) is 32.2 Å². The smallest absolute Gasteiger partial charge is 0.413 e. The minimum absolute atomic E-state index is 0.0177. The molecule has 2 amide bonds. The lowest BCUT2D eigenvalue weighted by Crippen LogP contribution is -2.45. The van der Waals surface area contributed by atoms with Crippen LogP contribution in [0.15, 0.2) is 18.2 Å². The van der Waals surface area contributed by atoms with Crippen LogP contribution in [0.3, 0.4) is 0 Å². The maximum atomic E-state index is 18.1. The van der Waals surface area contributed by atoms with Crippen molar-refractivity contribution >= 4 is 67.2 Å². The fraction of sp³-hybridized carbons (Fsp3) is 0.754. The first kappa shape index (κ1) is 69.4. The Morgan fingerprint density at radius 1 is 0.674 bits per heavy atom. The van der Waals surface area contributed by atoms with Gasteiger partial charge in [-0.05, 0) is 130 Å². The predicted octanol–water partition coefficient (Wildman–Crippen LogP) is 20.0. The number of halogens is 3. The number of fused-ring (bicyclic) bond motifs is 4. The second-order valence-corrected chi connectivity index (χ2v) is 28.8. The average Bonchev–Trinajstić information content (AvgIpc) is 1.35. The van der Waals surface area contributed by atoms with Crippen molar-refractivity contribution in [3.05, 3.63) is 34.9 Å². The quantitative estimate of drug-likeness (QED) is 0.190. The van der Waals surface area contributed by atoms with Crippen LogP contribution in [-0.4, -0.2) is 107 Å². The molecule has 482 valence electrons.